The van der Waals surface area contributed by atoms with E-state index in [1.807, 2.05) is 6.92 Å². The second-order valence-corrected chi connectivity index (χ2v) is 11.9. The number of anilines is 1. The lowest BCUT2D eigenvalue weighted by Crippen LogP contribution is -2.29. The van der Waals surface area contributed by atoms with E-state index < -0.39 is 17.7 Å². The lowest BCUT2D eigenvalue weighted by molar-refractivity contribution is -0.132. The molecule has 1 aliphatic heterocycles. The van der Waals surface area contributed by atoms with Crippen LogP contribution in [0.4, 0.5) is 9.52 Å². The van der Waals surface area contributed by atoms with Crippen molar-refractivity contribution in [2.24, 2.45) is 0 Å². The highest BCUT2D eigenvalue weighted by Gasteiger charge is 2.48. The van der Waals surface area contributed by atoms with Crippen LogP contribution >= 0.6 is 46.3 Å². The standard InChI is InChI=1S/C29H22Cl2FN3O4S2/c1-2-13-39-19-10-7-16(8-11-19)25(36)23-24(17-9-12-20(30)21(31)14-17)35(27(38)26(23)37)28-33-34-29(41-28)40-15-18-5-3-4-6-22(18)32/h3-12,14,24,36H,2,13,15H2,1H3/b25-23-. The molecule has 4 aromatic rings. The topological polar surface area (TPSA) is 92.6 Å². The van der Waals surface area contributed by atoms with Crippen molar-refractivity contribution in [2.75, 3.05) is 11.5 Å². The summed E-state index contributed by atoms with van der Waals surface area (Å²) in [6.45, 7) is 2.53. The van der Waals surface area contributed by atoms with Crippen LogP contribution in [0.25, 0.3) is 5.76 Å². The van der Waals surface area contributed by atoms with Gasteiger partial charge in [-0.3, -0.25) is 14.5 Å². The third-order valence-corrected chi connectivity index (χ3v) is 9.06. The van der Waals surface area contributed by atoms with E-state index in [9.17, 15) is 19.1 Å². The molecule has 1 saturated heterocycles. The number of nitrogens with zero attached hydrogens (tertiary/aromatic N) is 3. The molecule has 1 unspecified atom stereocenters. The van der Waals surface area contributed by atoms with Gasteiger partial charge in [0.1, 0.15) is 17.3 Å². The summed E-state index contributed by atoms with van der Waals surface area (Å²) >= 11 is 14.8. The maximum Gasteiger partial charge on any atom is 0.301 e. The van der Waals surface area contributed by atoms with Gasteiger partial charge in [0, 0.05) is 11.3 Å². The maximum atomic E-state index is 14.1. The Morgan fingerprint density at radius 2 is 1.83 bits per heavy atom. The predicted molar refractivity (Wildman–Crippen MR) is 159 cm³/mol. The zero-order valence-corrected chi connectivity index (χ0v) is 24.7. The number of carbonyl (C=O) groups is 2. The first-order valence-electron chi connectivity index (χ1n) is 12.5. The average Bonchev–Trinajstić information content (AvgIpc) is 3.54. The molecule has 0 spiro atoms. The van der Waals surface area contributed by atoms with Gasteiger partial charge in [0.15, 0.2) is 4.34 Å². The Balaban J connectivity index is 1.53. The molecule has 1 amide bonds. The molecule has 1 atom stereocenters. The Labute approximate surface area is 253 Å². The van der Waals surface area contributed by atoms with Gasteiger partial charge in [0.05, 0.1) is 28.3 Å². The van der Waals surface area contributed by atoms with Gasteiger partial charge in [0.2, 0.25) is 5.13 Å². The molecule has 1 aliphatic rings. The van der Waals surface area contributed by atoms with Gasteiger partial charge in [-0.1, -0.05) is 77.5 Å². The van der Waals surface area contributed by atoms with Gasteiger partial charge in [-0.05, 0) is 60.0 Å². The second-order valence-electron chi connectivity index (χ2n) is 8.95. The van der Waals surface area contributed by atoms with Crippen molar-refractivity contribution < 1.29 is 23.8 Å². The number of Topliss-reactive ketones (excluding diaryl/α,β-unsaturated/α-hetero) is 1. The van der Waals surface area contributed by atoms with Gasteiger partial charge in [0.25, 0.3) is 5.78 Å². The molecule has 1 aromatic heterocycles. The molecule has 5 rings (SSSR count). The summed E-state index contributed by atoms with van der Waals surface area (Å²) in [4.78, 5) is 28.0. The molecular weight excluding hydrogens is 608 g/mol. The highest BCUT2D eigenvalue weighted by molar-refractivity contribution is 8.00. The number of carbonyl (C=O) groups excluding carboxylic acids is 2. The van der Waals surface area contributed by atoms with Crippen LogP contribution in [0.1, 0.15) is 36.1 Å². The van der Waals surface area contributed by atoms with Crippen molar-refractivity contribution >= 4 is 68.9 Å². The van der Waals surface area contributed by atoms with Crippen LogP contribution in [0.3, 0.4) is 0 Å². The Kier molecular flexibility index (Phi) is 8.94. The van der Waals surface area contributed by atoms with Gasteiger partial charge >= 0.3 is 5.91 Å². The number of rotatable bonds is 9. The van der Waals surface area contributed by atoms with Crippen LogP contribution < -0.4 is 9.64 Å². The van der Waals surface area contributed by atoms with Crippen molar-refractivity contribution in [1.82, 2.24) is 10.2 Å². The van der Waals surface area contributed by atoms with Crippen LogP contribution in [0.2, 0.25) is 10.0 Å². The van der Waals surface area contributed by atoms with E-state index in [4.69, 9.17) is 27.9 Å². The fourth-order valence-electron chi connectivity index (χ4n) is 4.23. The number of amides is 1. The molecule has 0 radical (unpaired) electrons. The van der Waals surface area contributed by atoms with E-state index in [-0.39, 0.29) is 32.3 Å². The summed E-state index contributed by atoms with van der Waals surface area (Å²) in [6.07, 6.45) is 0.837. The largest absolute Gasteiger partial charge is 0.507 e. The zero-order chi connectivity index (χ0) is 29.1. The normalized spacial score (nSPS) is 16.4. The molecule has 210 valence electrons. The number of benzene rings is 3. The summed E-state index contributed by atoms with van der Waals surface area (Å²) in [5, 5.41) is 20.3. The molecule has 7 nitrogen and oxygen atoms in total. The molecule has 2 heterocycles. The van der Waals surface area contributed by atoms with Gasteiger partial charge in [-0.2, -0.15) is 0 Å². The summed E-state index contributed by atoms with van der Waals surface area (Å²) < 4.78 is 20.2. The number of aliphatic hydroxyl groups excluding tert-OH is 1. The van der Waals surface area contributed by atoms with E-state index in [1.54, 1.807) is 54.6 Å². The van der Waals surface area contributed by atoms with Gasteiger partial charge in [-0.25, -0.2) is 4.39 Å². The zero-order valence-electron chi connectivity index (χ0n) is 21.5. The lowest BCUT2D eigenvalue weighted by atomic mass is 9.95. The number of thioether (sulfide) groups is 1. The van der Waals surface area contributed by atoms with Crippen molar-refractivity contribution in [3.8, 4) is 5.75 Å². The number of ether oxygens (including phenoxy) is 1. The number of aliphatic hydroxyl groups is 1. The van der Waals surface area contributed by atoms with Crippen LogP contribution in [0.5, 0.6) is 5.75 Å². The van der Waals surface area contributed by atoms with E-state index in [1.165, 1.54) is 28.8 Å². The van der Waals surface area contributed by atoms with E-state index in [2.05, 4.69) is 10.2 Å². The molecule has 0 bridgehead atoms. The summed E-state index contributed by atoms with van der Waals surface area (Å²) in [6, 6.07) is 16.7. The summed E-state index contributed by atoms with van der Waals surface area (Å²) in [5.74, 6) is -1.55. The van der Waals surface area contributed by atoms with E-state index >= 15 is 0 Å². The minimum absolute atomic E-state index is 0.133. The van der Waals surface area contributed by atoms with Crippen molar-refractivity contribution in [3.63, 3.8) is 0 Å². The smallest absolute Gasteiger partial charge is 0.301 e. The third kappa shape index (κ3) is 6.11. The van der Waals surface area contributed by atoms with Crippen LogP contribution in [0, 0.1) is 5.82 Å². The first-order valence-corrected chi connectivity index (χ1v) is 15.0. The molecule has 3 aromatic carbocycles. The average molecular weight is 631 g/mol. The predicted octanol–water partition coefficient (Wildman–Crippen LogP) is 7.69. The fourth-order valence-corrected chi connectivity index (χ4v) is 6.39. The highest BCUT2D eigenvalue weighted by atomic mass is 35.5. The quantitative estimate of drug-likeness (QED) is 0.0667. The molecule has 0 saturated carbocycles. The first-order chi connectivity index (χ1) is 19.8. The Morgan fingerprint density at radius 1 is 1.07 bits per heavy atom. The summed E-state index contributed by atoms with van der Waals surface area (Å²) in [7, 11) is 0. The van der Waals surface area contributed by atoms with Crippen molar-refractivity contribution in [1.29, 1.82) is 0 Å². The molecule has 1 N–H and O–H groups in total. The van der Waals surface area contributed by atoms with Crippen LogP contribution in [0.15, 0.2) is 76.6 Å². The fraction of sp³-hybridized carbons (Fsp3) is 0.172. The minimum atomic E-state index is -1.06. The molecule has 0 aliphatic carbocycles. The van der Waals surface area contributed by atoms with E-state index in [0.29, 0.717) is 39.1 Å². The van der Waals surface area contributed by atoms with Crippen molar-refractivity contribution in [2.45, 2.75) is 29.5 Å². The van der Waals surface area contributed by atoms with Gasteiger partial charge < -0.3 is 9.84 Å². The molecule has 1 fully saturated rings. The van der Waals surface area contributed by atoms with Crippen molar-refractivity contribution in [3.05, 3.63) is 105 Å². The Morgan fingerprint density at radius 3 is 2.54 bits per heavy atom. The SMILES string of the molecule is CCCOc1ccc(/C(O)=C2/C(=O)C(=O)N(c3nnc(SCc4ccccc4F)s3)C2c2ccc(Cl)c(Cl)c2)cc1. The van der Waals surface area contributed by atoms with Crippen LogP contribution in [-0.4, -0.2) is 33.6 Å². The Bertz CT molecular complexity index is 1650. The lowest BCUT2D eigenvalue weighted by Gasteiger charge is -2.23. The number of aromatic nitrogens is 2. The molecule has 12 heteroatoms. The number of hydrogen-bond acceptors (Lipinski definition) is 8. The first kappa shape index (κ1) is 29.1. The minimum Gasteiger partial charge on any atom is -0.507 e. The molecular formula is C29H22Cl2FN3O4S2. The molecule has 41 heavy (non-hydrogen) atoms. The number of halogens is 3. The van der Waals surface area contributed by atoms with E-state index in [0.717, 1.165) is 17.8 Å². The number of ketones is 1. The third-order valence-electron chi connectivity index (χ3n) is 6.22. The van der Waals surface area contributed by atoms with Gasteiger partial charge in [-0.15, -0.1) is 10.2 Å². The maximum absolute atomic E-state index is 14.1. The number of hydrogen-bond donors (Lipinski definition) is 1. The monoisotopic (exact) mass is 629 g/mol. The van der Waals surface area contributed by atoms with Crippen LogP contribution in [-0.2, 0) is 15.3 Å². The highest BCUT2D eigenvalue weighted by Crippen LogP contribution is 2.45. The summed E-state index contributed by atoms with van der Waals surface area (Å²) in [5.41, 5.74) is 1.14. The Hall–Kier alpha value is -3.44. The second kappa shape index (κ2) is 12.6.